The number of phenols is 1. The Morgan fingerprint density at radius 1 is 0.612 bits per heavy atom. The van der Waals surface area contributed by atoms with Gasteiger partial charge in [-0.3, -0.25) is 30.0 Å². The number of anilines is 1. The molecule has 1 aromatic rings. The molecule has 31 heteroatoms. The molecule has 1 aliphatic carbocycles. The normalized spacial score (nSPS) is 20.9. The quantitative estimate of drug-likeness (QED) is 0.00843. The Kier molecular flexibility index (Phi) is 57.3. The van der Waals surface area contributed by atoms with Gasteiger partial charge in [-0.05, 0) is 134 Å². The van der Waals surface area contributed by atoms with Gasteiger partial charge >= 0.3 is 11.9 Å². The number of phenolic OH excluding ortho intramolecular Hbond substituents is 1. The number of nitrogens with two attached hydrogens (primary N) is 1. The first-order chi connectivity index (χ1) is 48.0. The number of likely N-dealkylation sites (N-methyl/N-ethyl adjacent to an activating group) is 1. The number of hydrogen-bond donors (Lipinski definition) is 15. The van der Waals surface area contributed by atoms with Crippen LogP contribution in [0.4, 0.5) is 5.69 Å². The second-order valence-corrected chi connectivity index (χ2v) is 25.8. The molecular formula is C72H129BrN6O24. The third-order valence-electron chi connectivity index (χ3n) is 16.2. The minimum absolute atomic E-state index is 0. The summed E-state index contributed by atoms with van der Waals surface area (Å²) in [4.78, 5) is 44.6. The van der Waals surface area contributed by atoms with Gasteiger partial charge < -0.3 is 136 Å². The van der Waals surface area contributed by atoms with Crippen LogP contribution in [0, 0.1) is 10.8 Å². The molecule has 3 aliphatic rings. The van der Waals surface area contributed by atoms with Crippen molar-refractivity contribution in [3.63, 3.8) is 0 Å². The van der Waals surface area contributed by atoms with E-state index in [1.165, 1.54) is 47.1 Å². The first-order valence-corrected chi connectivity index (χ1v) is 34.7. The van der Waals surface area contributed by atoms with Gasteiger partial charge in [0, 0.05) is 80.6 Å². The van der Waals surface area contributed by atoms with Crippen LogP contribution in [0.1, 0.15) is 157 Å². The number of rotatable bonds is 39. The Hall–Kier alpha value is -5.24. The lowest BCUT2D eigenvalue weighted by Gasteiger charge is -2.39. The first kappa shape index (κ1) is 102. The number of nitrogens with zero attached hydrogens (tertiary/aromatic N) is 1. The number of halogens is 1. The van der Waals surface area contributed by atoms with Crippen LogP contribution in [-0.2, 0) is 73.1 Å². The molecule has 2 heterocycles. The molecule has 598 valence electrons. The molecule has 2 fully saturated rings. The summed E-state index contributed by atoms with van der Waals surface area (Å²) in [6.45, 7) is 21.8. The molecule has 4 rings (SSSR count). The summed E-state index contributed by atoms with van der Waals surface area (Å²) in [5.41, 5.74) is 7.76. The highest BCUT2D eigenvalue weighted by Crippen LogP contribution is 2.31. The molecule has 16 N–H and O–H groups in total. The van der Waals surface area contributed by atoms with E-state index >= 15 is 0 Å². The van der Waals surface area contributed by atoms with E-state index in [9.17, 15) is 65.1 Å². The predicted molar refractivity (Wildman–Crippen MR) is 386 cm³/mol. The fourth-order valence-corrected chi connectivity index (χ4v) is 10.9. The number of ether oxygens (including phenoxy) is 10. The largest absolute Gasteiger partial charge is 1.00 e. The predicted octanol–water partition coefficient (Wildman–Crippen LogP) is 1.43. The van der Waals surface area contributed by atoms with E-state index < -0.39 is 67.2 Å². The topological polar surface area (TPSA) is 461 Å². The van der Waals surface area contributed by atoms with E-state index in [-0.39, 0.29) is 152 Å². The third kappa shape index (κ3) is 48.6. The number of esters is 2. The summed E-state index contributed by atoms with van der Waals surface area (Å²) in [5.74, 6) is -1.21. The molecule has 2 aliphatic heterocycles. The Labute approximate surface area is 621 Å². The SMILES string of the molecule is C=CC(=O)NCC(OC)OC.C=CC(=O)NCC1OC(CC(O)CC2CC(C[C@@H](C)O)OC(CC)O2)CC(CC(CC)OC(C)=O)O1.CCC(CC(O)CC(O)CC(O)CC(O)CC(O)C[C@@H](C)O)OC(C)=O.CO.COC(OC)C(C)[N+](C)(C)Cc1ccc(O)c(N)c1.N=C1C=CC=CC1=N.[Br-]. The van der Waals surface area contributed by atoms with E-state index in [0.29, 0.717) is 74.5 Å². The maximum atomic E-state index is 11.6. The molecule has 0 bridgehead atoms. The molecule has 15 unspecified atom stereocenters. The number of hydrogen-bond acceptors (Lipinski definition) is 27. The van der Waals surface area contributed by atoms with Crippen molar-refractivity contribution < 1.29 is 139 Å². The summed E-state index contributed by atoms with van der Waals surface area (Å²) in [5, 5.41) is 115. The number of nitrogen functional groups attached to an aromatic ring is 1. The number of benzene rings is 1. The van der Waals surface area contributed by atoms with Gasteiger partial charge in [-0.1, -0.05) is 46.1 Å². The van der Waals surface area contributed by atoms with E-state index in [1.54, 1.807) is 57.6 Å². The number of methoxy groups -OCH3 is 4. The van der Waals surface area contributed by atoms with Crippen molar-refractivity contribution in [2.75, 3.05) is 68.5 Å². The molecular weight excluding hydrogens is 1410 g/mol. The zero-order chi connectivity index (χ0) is 78.2. The van der Waals surface area contributed by atoms with Gasteiger partial charge in [0.2, 0.25) is 18.1 Å². The molecule has 0 aromatic heterocycles. The van der Waals surface area contributed by atoms with E-state index in [1.807, 2.05) is 26.8 Å². The minimum Gasteiger partial charge on any atom is -1.00 e. The van der Waals surface area contributed by atoms with Gasteiger partial charge in [-0.15, -0.1) is 0 Å². The summed E-state index contributed by atoms with van der Waals surface area (Å²) in [6, 6.07) is 5.47. The molecule has 2 amide bonds. The van der Waals surface area contributed by atoms with Crippen LogP contribution < -0.4 is 33.3 Å². The second-order valence-electron chi connectivity index (χ2n) is 25.8. The van der Waals surface area contributed by atoms with Crippen molar-refractivity contribution in [1.82, 2.24) is 10.6 Å². The molecule has 103 heavy (non-hydrogen) atoms. The highest BCUT2D eigenvalue weighted by atomic mass is 79.9. The van der Waals surface area contributed by atoms with Crippen molar-refractivity contribution >= 4 is 40.9 Å². The van der Waals surface area contributed by atoms with Crippen molar-refractivity contribution in [3.8, 4) is 5.75 Å². The Morgan fingerprint density at radius 3 is 1.42 bits per heavy atom. The Bertz CT molecular complexity index is 2540. The van der Waals surface area contributed by atoms with Crippen LogP contribution in [0.5, 0.6) is 5.75 Å². The van der Waals surface area contributed by atoms with Crippen LogP contribution in [0.2, 0.25) is 0 Å². The lowest BCUT2D eigenvalue weighted by atomic mass is 9.95. The van der Waals surface area contributed by atoms with E-state index in [0.717, 1.165) is 19.2 Å². The number of amides is 2. The van der Waals surface area contributed by atoms with Gasteiger partial charge in [0.15, 0.2) is 18.9 Å². The van der Waals surface area contributed by atoms with Crippen molar-refractivity contribution in [2.45, 2.75) is 275 Å². The Morgan fingerprint density at radius 2 is 1.03 bits per heavy atom. The Balaban J connectivity index is -0.00000131. The molecule has 1 aromatic carbocycles. The molecule has 0 spiro atoms. The monoisotopic (exact) mass is 1540 g/mol. The van der Waals surface area contributed by atoms with Gasteiger partial charge in [0.1, 0.15) is 30.5 Å². The maximum absolute atomic E-state index is 11.6. The zero-order valence-corrected chi connectivity index (χ0v) is 65.0. The smallest absolute Gasteiger partial charge is 0.302 e. The van der Waals surface area contributed by atoms with Gasteiger partial charge in [0.25, 0.3) is 0 Å². The molecule has 2 saturated heterocycles. The third-order valence-corrected chi connectivity index (χ3v) is 16.2. The number of aromatic hydroxyl groups is 1. The number of carbonyl (C=O) groups is 4. The summed E-state index contributed by atoms with van der Waals surface area (Å²) < 4.78 is 55.4. The number of quaternary nitrogens is 1. The average Bonchev–Trinajstić information content (AvgIpc) is 0.841. The lowest BCUT2D eigenvalue weighted by molar-refractivity contribution is -0.932. The van der Waals surface area contributed by atoms with Crippen LogP contribution in [0.3, 0.4) is 0 Å². The van der Waals surface area contributed by atoms with Crippen LogP contribution in [0.25, 0.3) is 0 Å². The van der Waals surface area contributed by atoms with Crippen molar-refractivity contribution in [1.29, 1.82) is 10.8 Å². The van der Waals surface area contributed by atoms with Gasteiger partial charge in [-0.25, -0.2) is 0 Å². The molecule has 30 nitrogen and oxygen atoms in total. The number of aliphatic hydroxyl groups is 9. The molecule has 0 saturated carbocycles. The van der Waals surface area contributed by atoms with Crippen molar-refractivity contribution in [2.24, 2.45) is 0 Å². The van der Waals surface area contributed by atoms with Gasteiger partial charge in [-0.2, -0.15) is 0 Å². The summed E-state index contributed by atoms with van der Waals surface area (Å²) >= 11 is 0. The van der Waals surface area contributed by atoms with E-state index in [2.05, 4.69) is 44.8 Å². The first-order valence-electron chi connectivity index (χ1n) is 34.7. The molecule has 17 atom stereocenters. The van der Waals surface area contributed by atoms with Crippen LogP contribution >= 0.6 is 0 Å². The van der Waals surface area contributed by atoms with Crippen molar-refractivity contribution in [3.05, 3.63) is 73.4 Å². The second kappa shape index (κ2) is 57.9. The number of carbonyl (C=O) groups excluding carboxylic acids is 4. The number of aliphatic hydroxyl groups excluding tert-OH is 9. The molecule has 0 radical (unpaired) electrons. The van der Waals surface area contributed by atoms with Crippen LogP contribution in [0.15, 0.2) is 67.8 Å². The maximum Gasteiger partial charge on any atom is 0.302 e. The highest BCUT2D eigenvalue weighted by molar-refractivity contribution is 6.48. The van der Waals surface area contributed by atoms with E-state index in [4.69, 9.17) is 69.0 Å². The fraction of sp³-hybridized carbons (Fsp3) is 0.722. The standard InChI is InChI=1S/C26H45NO9.C18H36O8.C14H24N2O3.C7H13NO3.C6H6N2.CH4O.BrH/c1-6-19(32-17(5)29)12-23-14-22(35-26(36-23)15-27-24(31)7-2)11-18(30)10-21-13-20(9-16(4)28)33-25(8-3)34-21;1-4-18(26-12(3)20)10-17(25)9-16(24)8-15(23)7-14(22)6-13(21)5-11(2)19;1-10(14(18-4)19-5)16(2,3)9-11-6-7-13(17)12(15)8-11;1-4-6(9)8-5-7(10-2)11-3;7-5-3-1-2-4-6(5)8;1-2;/h7,16,18-23,25-26,28,30H,2,6,8-15H2,1,3-5H3,(H,27,31);11,13-19,21-25H,4-10H2,1-3H3;6-8,10,14H,9,15H2,1-5H3;4,7H,1,5H2,2-3H3,(H,8,9);1-4,7-8H;2H,1H3;1H/t16-,18?,19?,20?,21?,22?,23?,25?,26?;11-,13?,14?,15?,16?,17?,18?;;;;;/m11...../s1. The number of nitrogens with one attached hydrogen (secondary N) is 4. The summed E-state index contributed by atoms with van der Waals surface area (Å²) in [6.07, 6.45) is 4.52. The summed E-state index contributed by atoms with van der Waals surface area (Å²) in [7, 11) is 11.5. The minimum atomic E-state index is -0.985. The fourth-order valence-electron chi connectivity index (χ4n) is 10.9. The zero-order valence-electron chi connectivity index (χ0n) is 63.4. The highest BCUT2D eigenvalue weighted by Gasteiger charge is 2.37. The lowest BCUT2D eigenvalue weighted by Crippen LogP contribution is -3.00. The van der Waals surface area contributed by atoms with Crippen LogP contribution in [-0.4, -0.2) is 270 Å². The average molecular weight is 1540 g/mol. The van der Waals surface area contributed by atoms with Gasteiger partial charge in [0.05, 0.1) is 118 Å². The number of allylic oxidation sites excluding steroid dienone is 4.